The molecule has 3 N–H and O–H groups in total. The molecule has 0 amide bonds. The molecule has 0 atom stereocenters. The number of hydrogen-bond donors (Lipinski definition) is 3. The van der Waals surface area contributed by atoms with Gasteiger partial charge in [0.15, 0.2) is 0 Å². The van der Waals surface area contributed by atoms with Gasteiger partial charge in [-0.1, -0.05) is 6.92 Å². The molecule has 19 heavy (non-hydrogen) atoms. The quantitative estimate of drug-likeness (QED) is 0.612. The predicted octanol–water partition coefficient (Wildman–Crippen LogP) is 0.615. The van der Waals surface area contributed by atoms with Gasteiger partial charge in [-0.25, -0.2) is 0 Å². The summed E-state index contributed by atoms with van der Waals surface area (Å²) in [7, 11) is -1.95. The molecule has 1 aromatic rings. The number of nitrogens with zero attached hydrogens (tertiary/aromatic N) is 2. The van der Waals surface area contributed by atoms with Crippen molar-refractivity contribution in [3.05, 3.63) is 11.4 Å². The largest absolute Gasteiger partial charge is 0.317 e. The summed E-state index contributed by atoms with van der Waals surface area (Å²) < 4.78 is 28.1. The van der Waals surface area contributed by atoms with E-state index in [2.05, 4.69) is 20.2 Å². The maximum Gasteiger partial charge on any atom is 0.301 e. The third-order valence-corrected chi connectivity index (χ3v) is 4.31. The van der Waals surface area contributed by atoms with Crippen LogP contribution in [0, 0.1) is 13.8 Å². The maximum atomic E-state index is 12.1. The molecule has 0 saturated heterocycles. The number of aromatic nitrogens is 2. The Hall–Kier alpha value is -1.12. The van der Waals surface area contributed by atoms with E-state index in [1.807, 2.05) is 6.92 Å². The fraction of sp³-hybridized carbons (Fsp3) is 0.727. The van der Waals surface area contributed by atoms with E-state index >= 15 is 0 Å². The first-order valence-electron chi connectivity index (χ1n) is 6.34. The lowest BCUT2D eigenvalue weighted by atomic mass is 10.3. The van der Waals surface area contributed by atoms with Crippen molar-refractivity contribution in [2.75, 3.05) is 31.4 Å². The second-order valence-electron chi connectivity index (χ2n) is 4.44. The van der Waals surface area contributed by atoms with Crippen LogP contribution >= 0.6 is 0 Å². The number of rotatable bonds is 8. The predicted molar refractivity (Wildman–Crippen MR) is 76.4 cm³/mol. The minimum absolute atomic E-state index is 0.471. The van der Waals surface area contributed by atoms with Crippen molar-refractivity contribution in [1.29, 1.82) is 0 Å². The van der Waals surface area contributed by atoms with Gasteiger partial charge in [0.1, 0.15) is 0 Å². The highest BCUT2D eigenvalue weighted by Gasteiger charge is 2.20. The van der Waals surface area contributed by atoms with Crippen LogP contribution in [0.15, 0.2) is 0 Å². The van der Waals surface area contributed by atoms with Crippen molar-refractivity contribution >= 4 is 15.9 Å². The molecule has 0 aliphatic carbocycles. The molecule has 0 aromatic carbocycles. The summed E-state index contributed by atoms with van der Waals surface area (Å²) in [6.45, 7) is 7.72. The number of hydrogen-bond acceptors (Lipinski definition) is 4. The monoisotopic (exact) mass is 289 g/mol. The van der Waals surface area contributed by atoms with Gasteiger partial charge in [0.2, 0.25) is 0 Å². The molecule has 0 bridgehead atoms. The Kier molecular flexibility index (Phi) is 5.77. The second kappa shape index (κ2) is 6.88. The molecule has 0 fully saturated rings. The third kappa shape index (κ3) is 4.48. The van der Waals surface area contributed by atoms with Crippen molar-refractivity contribution in [2.24, 2.45) is 0 Å². The molecule has 7 nitrogen and oxygen atoms in total. The summed E-state index contributed by atoms with van der Waals surface area (Å²) in [6, 6.07) is 0. The van der Waals surface area contributed by atoms with Crippen molar-refractivity contribution in [2.45, 2.75) is 27.2 Å². The van der Waals surface area contributed by atoms with E-state index in [9.17, 15) is 8.42 Å². The average Bonchev–Trinajstić information content (AvgIpc) is 2.65. The third-order valence-electron chi connectivity index (χ3n) is 2.85. The topological polar surface area (TPSA) is 90.1 Å². The first-order chi connectivity index (χ1) is 8.88. The molecule has 1 heterocycles. The fourth-order valence-electron chi connectivity index (χ4n) is 1.63. The zero-order chi connectivity index (χ0) is 14.5. The number of H-pyrrole nitrogens is 1. The van der Waals surface area contributed by atoms with Crippen molar-refractivity contribution in [3.8, 4) is 0 Å². The number of anilines is 1. The van der Waals surface area contributed by atoms with Crippen molar-refractivity contribution in [1.82, 2.24) is 19.8 Å². The van der Waals surface area contributed by atoms with E-state index in [0.29, 0.717) is 23.6 Å². The smallest absolute Gasteiger partial charge is 0.301 e. The Bertz CT molecular complexity index is 478. The highest BCUT2D eigenvalue weighted by molar-refractivity contribution is 7.90. The minimum Gasteiger partial charge on any atom is -0.317 e. The summed E-state index contributed by atoms with van der Waals surface area (Å²) in [6.07, 6.45) is 0.772. The van der Waals surface area contributed by atoms with Crippen LogP contribution < -0.4 is 10.0 Å². The Morgan fingerprint density at radius 2 is 2.05 bits per heavy atom. The van der Waals surface area contributed by atoms with E-state index in [1.54, 1.807) is 20.9 Å². The Morgan fingerprint density at radius 3 is 2.58 bits per heavy atom. The van der Waals surface area contributed by atoms with E-state index in [0.717, 1.165) is 19.5 Å². The van der Waals surface area contributed by atoms with Crippen LogP contribution in [0.3, 0.4) is 0 Å². The van der Waals surface area contributed by atoms with Gasteiger partial charge in [-0.2, -0.15) is 17.8 Å². The molecule has 0 saturated carbocycles. The van der Waals surface area contributed by atoms with Gasteiger partial charge in [-0.3, -0.25) is 9.82 Å². The van der Waals surface area contributed by atoms with Crippen LogP contribution in [-0.4, -0.2) is 49.6 Å². The zero-order valence-corrected chi connectivity index (χ0v) is 12.8. The lowest BCUT2D eigenvalue weighted by Gasteiger charge is -2.18. The summed E-state index contributed by atoms with van der Waals surface area (Å²) >= 11 is 0. The highest BCUT2D eigenvalue weighted by atomic mass is 32.2. The summed E-state index contributed by atoms with van der Waals surface area (Å²) in [4.78, 5) is 0. The SMILES string of the molecule is CCNCCCN(C)S(=O)(=O)Nc1c(C)n[nH]c1C. The second-order valence-corrected chi connectivity index (χ2v) is 6.22. The molecule has 1 rings (SSSR count). The summed E-state index contributed by atoms with van der Waals surface area (Å²) in [5.41, 5.74) is 1.88. The molecule has 1 aromatic heterocycles. The Balaban J connectivity index is 2.60. The van der Waals surface area contributed by atoms with Crippen LogP contribution in [-0.2, 0) is 10.2 Å². The molecule has 0 aliphatic rings. The van der Waals surface area contributed by atoms with E-state index < -0.39 is 10.2 Å². The van der Waals surface area contributed by atoms with Gasteiger partial charge in [-0.05, 0) is 33.4 Å². The van der Waals surface area contributed by atoms with Crippen molar-refractivity contribution in [3.63, 3.8) is 0 Å². The number of aryl methyl sites for hydroxylation is 2. The fourth-order valence-corrected chi connectivity index (χ4v) is 2.72. The van der Waals surface area contributed by atoms with Gasteiger partial charge >= 0.3 is 10.2 Å². The maximum absolute atomic E-state index is 12.1. The Labute approximate surface area is 115 Å². The molecule has 0 radical (unpaired) electrons. The molecule has 110 valence electrons. The van der Waals surface area contributed by atoms with Crippen LogP contribution in [0.1, 0.15) is 24.7 Å². The Morgan fingerprint density at radius 1 is 1.37 bits per heavy atom. The van der Waals surface area contributed by atoms with Crippen LogP contribution in [0.4, 0.5) is 5.69 Å². The lowest BCUT2D eigenvalue weighted by Crippen LogP contribution is -2.34. The van der Waals surface area contributed by atoms with Gasteiger partial charge in [0, 0.05) is 13.6 Å². The van der Waals surface area contributed by atoms with Crippen LogP contribution in [0.25, 0.3) is 0 Å². The normalized spacial score (nSPS) is 12.1. The highest BCUT2D eigenvalue weighted by Crippen LogP contribution is 2.18. The van der Waals surface area contributed by atoms with Crippen LogP contribution in [0.2, 0.25) is 0 Å². The first-order valence-corrected chi connectivity index (χ1v) is 7.78. The molecular weight excluding hydrogens is 266 g/mol. The molecule has 0 spiro atoms. The minimum atomic E-state index is -3.52. The molecule has 8 heteroatoms. The number of aromatic amines is 1. The average molecular weight is 289 g/mol. The van der Waals surface area contributed by atoms with Gasteiger partial charge < -0.3 is 5.32 Å². The van der Waals surface area contributed by atoms with Crippen LogP contribution in [0.5, 0.6) is 0 Å². The molecular formula is C11H23N5O2S. The van der Waals surface area contributed by atoms with E-state index in [-0.39, 0.29) is 0 Å². The van der Waals surface area contributed by atoms with Gasteiger partial charge in [0.05, 0.1) is 17.1 Å². The standard InChI is InChI=1S/C11H23N5O2S/c1-5-12-7-6-8-16(4)19(17,18)15-11-9(2)13-14-10(11)3/h12,15H,5-8H2,1-4H3,(H,13,14). The summed E-state index contributed by atoms with van der Waals surface area (Å²) in [5.74, 6) is 0. The molecule has 0 unspecified atom stereocenters. The molecule has 0 aliphatic heterocycles. The summed E-state index contributed by atoms with van der Waals surface area (Å²) in [5, 5.41) is 9.88. The first kappa shape index (κ1) is 15.9. The van der Waals surface area contributed by atoms with E-state index in [4.69, 9.17) is 0 Å². The number of nitrogens with one attached hydrogen (secondary N) is 3. The van der Waals surface area contributed by atoms with Gasteiger partial charge in [0.25, 0.3) is 0 Å². The lowest BCUT2D eigenvalue weighted by molar-refractivity contribution is 0.459. The van der Waals surface area contributed by atoms with Crippen molar-refractivity contribution < 1.29 is 8.42 Å². The van der Waals surface area contributed by atoms with E-state index in [1.165, 1.54) is 4.31 Å². The zero-order valence-electron chi connectivity index (χ0n) is 11.9. The van der Waals surface area contributed by atoms with Gasteiger partial charge in [-0.15, -0.1) is 0 Å².